The van der Waals surface area contributed by atoms with Crippen LogP contribution in [0.1, 0.15) is 46.0 Å². The lowest BCUT2D eigenvalue weighted by Gasteiger charge is -2.17. The molecule has 2 heterocycles. The zero-order valence-corrected chi connectivity index (χ0v) is 16.1. The first-order valence-corrected chi connectivity index (χ1v) is 8.80. The van der Waals surface area contributed by atoms with E-state index in [1.165, 1.54) is 17.9 Å². The quantitative estimate of drug-likeness (QED) is 0.603. The monoisotopic (exact) mass is 443 g/mol. The number of halogens is 6. The van der Waals surface area contributed by atoms with Crippen LogP contribution < -0.4 is 5.32 Å². The molecule has 0 fully saturated rings. The highest BCUT2D eigenvalue weighted by molar-refractivity contribution is 5.94. The van der Waals surface area contributed by atoms with E-state index < -0.39 is 41.0 Å². The third-order valence-corrected chi connectivity index (χ3v) is 4.25. The molecule has 3 rings (SSSR count). The minimum Gasteiger partial charge on any atom is -0.342 e. The van der Waals surface area contributed by atoms with Gasteiger partial charge in [-0.1, -0.05) is 6.07 Å². The van der Waals surface area contributed by atoms with Crippen LogP contribution in [0.3, 0.4) is 0 Å². The number of alkyl halides is 6. The van der Waals surface area contributed by atoms with E-state index in [4.69, 9.17) is 0 Å². The number of nitrogens with zero attached hydrogens (tertiary/aromatic N) is 4. The highest BCUT2D eigenvalue weighted by atomic mass is 19.4. The molecule has 31 heavy (non-hydrogen) atoms. The van der Waals surface area contributed by atoms with E-state index in [1.54, 1.807) is 25.1 Å². The first-order valence-electron chi connectivity index (χ1n) is 8.80. The molecule has 0 spiro atoms. The van der Waals surface area contributed by atoms with Gasteiger partial charge in [-0.3, -0.25) is 4.79 Å². The van der Waals surface area contributed by atoms with Crippen LogP contribution in [0, 0.1) is 6.92 Å². The zero-order valence-electron chi connectivity index (χ0n) is 16.1. The number of benzene rings is 1. The van der Waals surface area contributed by atoms with Gasteiger partial charge in [0.25, 0.3) is 5.91 Å². The molecule has 1 unspecified atom stereocenters. The van der Waals surface area contributed by atoms with Gasteiger partial charge in [0.15, 0.2) is 11.6 Å². The third-order valence-electron chi connectivity index (χ3n) is 4.25. The van der Waals surface area contributed by atoms with Crippen molar-refractivity contribution in [3.05, 3.63) is 70.9 Å². The fraction of sp³-hybridized carbons (Fsp3) is 0.263. The molecule has 0 aliphatic rings. The number of hydrogen-bond acceptors (Lipinski definition) is 4. The Bertz CT molecular complexity index is 1070. The van der Waals surface area contributed by atoms with Crippen molar-refractivity contribution in [3.8, 4) is 5.82 Å². The SMILES string of the molecule is Cc1cccc(-n2ncnc2C(C)NC(=O)c2cc(C(F)(F)F)cc(C(F)(F)F)c2)n1. The van der Waals surface area contributed by atoms with Gasteiger partial charge in [-0.2, -0.15) is 36.1 Å². The second-order valence-electron chi connectivity index (χ2n) is 6.66. The second kappa shape index (κ2) is 8.00. The van der Waals surface area contributed by atoms with Crippen LogP contribution in [-0.4, -0.2) is 25.7 Å². The molecule has 0 bridgehead atoms. The summed E-state index contributed by atoms with van der Waals surface area (Å²) >= 11 is 0. The summed E-state index contributed by atoms with van der Waals surface area (Å²) < 4.78 is 79.5. The number of rotatable bonds is 4. The van der Waals surface area contributed by atoms with E-state index in [9.17, 15) is 31.1 Å². The maximum Gasteiger partial charge on any atom is 0.416 e. The van der Waals surface area contributed by atoms with E-state index in [2.05, 4.69) is 20.4 Å². The number of nitrogens with one attached hydrogen (secondary N) is 1. The van der Waals surface area contributed by atoms with Crippen molar-refractivity contribution in [2.45, 2.75) is 32.2 Å². The van der Waals surface area contributed by atoms with E-state index >= 15 is 0 Å². The zero-order chi connectivity index (χ0) is 23.0. The Morgan fingerprint density at radius 2 is 1.65 bits per heavy atom. The van der Waals surface area contributed by atoms with Gasteiger partial charge >= 0.3 is 12.4 Å². The lowest BCUT2D eigenvalue weighted by molar-refractivity contribution is -0.143. The summed E-state index contributed by atoms with van der Waals surface area (Å²) in [4.78, 5) is 20.8. The van der Waals surface area contributed by atoms with E-state index in [1.807, 2.05) is 0 Å². The molecule has 1 amide bonds. The maximum absolute atomic E-state index is 13.0. The Balaban J connectivity index is 1.91. The number of carbonyl (C=O) groups excluding carboxylic acids is 1. The van der Waals surface area contributed by atoms with Crippen molar-refractivity contribution < 1.29 is 31.1 Å². The molecule has 12 heteroatoms. The summed E-state index contributed by atoms with van der Waals surface area (Å²) in [5, 5.41) is 6.37. The maximum atomic E-state index is 13.0. The minimum absolute atomic E-state index is 0.0414. The topological polar surface area (TPSA) is 72.7 Å². The largest absolute Gasteiger partial charge is 0.416 e. The highest BCUT2D eigenvalue weighted by Crippen LogP contribution is 2.36. The van der Waals surface area contributed by atoms with Gasteiger partial charge in [0.05, 0.1) is 17.2 Å². The first kappa shape index (κ1) is 22.2. The number of pyridine rings is 1. The molecule has 0 saturated carbocycles. The summed E-state index contributed by atoms with van der Waals surface area (Å²) in [6.07, 6.45) is -8.92. The van der Waals surface area contributed by atoms with Crippen molar-refractivity contribution in [3.63, 3.8) is 0 Å². The van der Waals surface area contributed by atoms with Gasteiger partial charge < -0.3 is 5.32 Å². The van der Waals surface area contributed by atoms with Crippen LogP contribution in [0.15, 0.2) is 42.7 Å². The molecule has 3 aromatic rings. The Morgan fingerprint density at radius 3 is 2.19 bits per heavy atom. The molecule has 1 N–H and O–H groups in total. The van der Waals surface area contributed by atoms with Gasteiger partial charge in [-0.05, 0) is 44.2 Å². The average Bonchev–Trinajstić information content (AvgIpc) is 3.16. The molecule has 1 aromatic carbocycles. The van der Waals surface area contributed by atoms with E-state index in [-0.39, 0.29) is 11.9 Å². The molecule has 2 aromatic heterocycles. The van der Waals surface area contributed by atoms with Crippen LogP contribution in [-0.2, 0) is 12.4 Å². The lowest BCUT2D eigenvalue weighted by Crippen LogP contribution is -2.29. The van der Waals surface area contributed by atoms with Crippen molar-refractivity contribution in [1.29, 1.82) is 0 Å². The smallest absolute Gasteiger partial charge is 0.342 e. The van der Waals surface area contributed by atoms with Crippen molar-refractivity contribution in [2.75, 3.05) is 0 Å². The van der Waals surface area contributed by atoms with Crippen LogP contribution in [0.4, 0.5) is 26.3 Å². The summed E-state index contributed by atoms with van der Waals surface area (Å²) in [5.41, 5.74) is -3.26. The molecule has 164 valence electrons. The Hall–Kier alpha value is -3.44. The molecule has 6 nitrogen and oxygen atoms in total. The third kappa shape index (κ3) is 5.01. The van der Waals surface area contributed by atoms with Crippen LogP contribution in [0.5, 0.6) is 0 Å². The summed E-state index contributed by atoms with van der Waals surface area (Å²) in [7, 11) is 0. The van der Waals surface area contributed by atoms with E-state index in [0.717, 1.165) is 0 Å². The fourth-order valence-electron chi connectivity index (χ4n) is 2.80. The number of aromatic nitrogens is 4. The van der Waals surface area contributed by atoms with Gasteiger partial charge in [-0.25, -0.2) is 9.97 Å². The first-order chi connectivity index (χ1) is 14.4. The van der Waals surface area contributed by atoms with Gasteiger partial charge in [0.1, 0.15) is 6.33 Å². The lowest BCUT2D eigenvalue weighted by atomic mass is 10.0. The van der Waals surface area contributed by atoms with Crippen molar-refractivity contribution in [1.82, 2.24) is 25.1 Å². The summed E-state index contributed by atoms with van der Waals surface area (Å²) in [5.74, 6) is -0.558. The number of aryl methyl sites for hydroxylation is 1. The highest BCUT2D eigenvalue weighted by Gasteiger charge is 2.37. The van der Waals surface area contributed by atoms with Gasteiger partial charge in [0.2, 0.25) is 0 Å². The minimum atomic E-state index is -5.06. The van der Waals surface area contributed by atoms with Crippen LogP contribution in [0.25, 0.3) is 5.82 Å². The van der Waals surface area contributed by atoms with Gasteiger partial charge in [-0.15, -0.1) is 0 Å². The predicted molar refractivity (Wildman–Crippen MR) is 96.2 cm³/mol. The Kier molecular flexibility index (Phi) is 5.74. The number of carbonyl (C=O) groups is 1. The number of hydrogen-bond donors (Lipinski definition) is 1. The fourth-order valence-corrected chi connectivity index (χ4v) is 2.80. The average molecular weight is 443 g/mol. The normalized spacial score (nSPS) is 13.2. The molecule has 0 saturated heterocycles. The van der Waals surface area contributed by atoms with Crippen molar-refractivity contribution in [2.24, 2.45) is 0 Å². The molecular weight excluding hydrogens is 428 g/mol. The van der Waals surface area contributed by atoms with Gasteiger partial charge in [0, 0.05) is 11.3 Å². The standard InChI is InChI=1S/C19H15F6N5O/c1-10-4-3-5-15(28-10)30-16(26-9-27-30)11(2)29-17(31)12-6-13(18(20,21)22)8-14(7-12)19(23,24)25/h3-9,11H,1-2H3,(H,29,31). The second-order valence-corrected chi connectivity index (χ2v) is 6.66. The summed E-state index contributed by atoms with van der Waals surface area (Å²) in [6, 6.07) is 4.88. The molecule has 0 aliphatic heterocycles. The predicted octanol–water partition coefficient (Wildman–Crippen LogP) is 4.50. The molecule has 1 atom stereocenters. The van der Waals surface area contributed by atoms with Crippen LogP contribution in [0.2, 0.25) is 0 Å². The number of amides is 1. The molecule has 0 aliphatic carbocycles. The molecular formula is C19H15F6N5O. The van der Waals surface area contributed by atoms with Crippen LogP contribution >= 0.6 is 0 Å². The van der Waals surface area contributed by atoms with E-state index in [0.29, 0.717) is 23.6 Å². The Labute approximate surface area is 171 Å². The van der Waals surface area contributed by atoms with Crippen molar-refractivity contribution >= 4 is 5.91 Å². The Morgan fingerprint density at radius 1 is 1.03 bits per heavy atom. The summed E-state index contributed by atoms with van der Waals surface area (Å²) in [6.45, 7) is 3.21. The molecule has 0 radical (unpaired) electrons.